The van der Waals surface area contributed by atoms with Crippen molar-refractivity contribution in [2.24, 2.45) is 0 Å². The molecule has 1 aliphatic rings. The van der Waals surface area contributed by atoms with Gasteiger partial charge in [-0.2, -0.15) is 5.10 Å². The first-order chi connectivity index (χ1) is 22.0. The summed E-state index contributed by atoms with van der Waals surface area (Å²) in [4.78, 5) is 36.4. The van der Waals surface area contributed by atoms with E-state index >= 15 is 0 Å². The van der Waals surface area contributed by atoms with E-state index in [1.807, 2.05) is 35.8 Å². The maximum atomic E-state index is 13.3. The minimum atomic E-state index is -0.677. The summed E-state index contributed by atoms with van der Waals surface area (Å²) in [5, 5.41) is 7.64. The van der Waals surface area contributed by atoms with Crippen molar-refractivity contribution in [1.29, 1.82) is 0 Å². The van der Waals surface area contributed by atoms with Crippen molar-refractivity contribution in [3.8, 4) is 16.9 Å². The number of carbonyl (C=O) groups is 1. The summed E-state index contributed by atoms with van der Waals surface area (Å²) in [6.07, 6.45) is 9.53. The minimum absolute atomic E-state index is 0.0871. The van der Waals surface area contributed by atoms with Crippen LogP contribution in [0.4, 0.5) is 21.6 Å². The van der Waals surface area contributed by atoms with Crippen LogP contribution in [0.25, 0.3) is 28.1 Å². The van der Waals surface area contributed by atoms with Crippen LogP contribution in [0.15, 0.2) is 85.7 Å². The molecule has 0 aliphatic carbocycles. The van der Waals surface area contributed by atoms with Crippen LogP contribution in [0, 0.1) is 12.7 Å². The first-order valence-corrected chi connectivity index (χ1v) is 14.4. The van der Waals surface area contributed by atoms with E-state index in [1.54, 1.807) is 36.9 Å². The van der Waals surface area contributed by atoms with Gasteiger partial charge in [-0.25, -0.2) is 39.3 Å². The lowest BCUT2D eigenvalue weighted by Gasteiger charge is -2.23. The lowest BCUT2D eigenvalue weighted by Crippen LogP contribution is -2.17. The molecule has 0 radical (unpaired) electrons. The normalized spacial score (nSPS) is 14.8. The number of aromatic nitrogens is 7. The van der Waals surface area contributed by atoms with Gasteiger partial charge in [0.05, 0.1) is 17.7 Å². The van der Waals surface area contributed by atoms with Gasteiger partial charge in [0, 0.05) is 30.3 Å². The topological polar surface area (TPSA) is 134 Å². The molecule has 1 unspecified atom stereocenters. The first-order valence-electron chi connectivity index (χ1n) is 14.4. The molecule has 6 aromatic rings. The number of hydrogen-bond donors (Lipinski definition) is 2. The van der Waals surface area contributed by atoms with E-state index in [0.717, 1.165) is 36.1 Å². The van der Waals surface area contributed by atoms with E-state index in [0.29, 0.717) is 40.7 Å². The SMILES string of the molecule is Cc1ccc(NOC(=O)c2ccn(-c3ccc(F)cc3)n2)cc1Nc1ncccc1-c1ncnc2c1ncn2C1CCCCO1. The number of imidazole rings is 1. The number of benzene rings is 2. The minimum Gasteiger partial charge on any atom is -0.358 e. The van der Waals surface area contributed by atoms with Crippen molar-refractivity contribution in [1.82, 2.24) is 34.3 Å². The monoisotopic (exact) mass is 605 g/mol. The van der Waals surface area contributed by atoms with Gasteiger partial charge in [-0.3, -0.25) is 4.57 Å². The number of rotatable bonds is 8. The summed E-state index contributed by atoms with van der Waals surface area (Å²) in [5.74, 6) is -0.460. The molecule has 0 saturated carbocycles. The largest absolute Gasteiger partial charge is 0.382 e. The van der Waals surface area contributed by atoms with Crippen molar-refractivity contribution in [3.63, 3.8) is 0 Å². The zero-order valence-electron chi connectivity index (χ0n) is 24.2. The predicted octanol–water partition coefficient (Wildman–Crippen LogP) is 6.15. The van der Waals surface area contributed by atoms with E-state index in [9.17, 15) is 9.18 Å². The van der Waals surface area contributed by atoms with E-state index in [4.69, 9.17) is 9.57 Å². The summed E-state index contributed by atoms with van der Waals surface area (Å²) in [5.41, 5.74) is 8.36. The molecule has 5 heterocycles. The maximum absolute atomic E-state index is 13.3. The molecule has 2 aromatic carbocycles. The molecule has 2 N–H and O–H groups in total. The van der Waals surface area contributed by atoms with Gasteiger partial charge in [0.15, 0.2) is 11.3 Å². The van der Waals surface area contributed by atoms with Gasteiger partial charge in [0.2, 0.25) is 0 Å². The Hall–Kier alpha value is -5.69. The molecule has 1 saturated heterocycles. The molecule has 0 bridgehead atoms. The summed E-state index contributed by atoms with van der Waals surface area (Å²) in [6, 6.07) is 16.6. The predicted molar refractivity (Wildman–Crippen MR) is 164 cm³/mol. The average Bonchev–Trinajstić information content (AvgIpc) is 3.75. The van der Waals surface area contributed by atoms with Crippen LogP contribution in [0.5, 0.6) is 0 Å². The maximum Gasteiger partial charge on any atom is 0.382 e. The third-order valence-electron chi connectivity index (χ3n) is 7.53. The number of nitrogens with one attached hydrogen (secondary N) is 2. The highest BCUT2D eigenvalue weighted by Crippen LogP contribution is 2.34. The number of pyridine rings is 1. The summed E-state index contributed by atoms with van der Waals surface area (Å²) in [6.45, 7) is 2.67. The van der Waals surface area contributed by atoms with Crippen LogP contribution in [0.2, 0.25) is 0 Å². The molecule has 7 rings (SSSR count). The molecule has 226 valence electrons. The number of aryl methyl sites for hydroxylation is 1. The first kappa shape index (κ1) is 28.1. The molecule has 45 heavy (non-hydrogen) atoms. The van der Waals surface area contributed by atoms with Crippen LogP contribution >= 0.6 is 0 Å². The number of nitrogens with zero attached hydrogens (tertiary/aromatic N) is 7. The number of anilines is 3. The number of carbonyl (C=O) groups excluding carboxylic acids is 1. The van der Waals surface area contributed by atoms with Gasteiger partial charge in [-0.1, -0.05) is 6.07 Å². The number of halogens is 1. The Labute approximate surface area is 256 Å². The lowest BCUT2D eigenvalue weighted by atomic mass is 10.1. The van der Waals surface area contributed by atoms with E-state index in [1.165, 1.54) is 29.2 Å². The van der Waals surface area contributed by atoms with Gasteiger partial charge in [0.25, 0.3) is 0 Å². The Morgan fingerprint density at radius 2 is 1.93 bits per heavy atom. The van der Waals surface area contributed by atoms with Crippen LogP contribution in [0.1, 0.15) is 41.5 Å². The average molecular weight is 606 g/mol. The van der Waals surface area contributed by atoms with Crippen molar-refractivity contribution in [2.45, 2.75) is 32.4 Å². The highest BCUT2D eigenvalue weighted by Gasteiger charge is 2.22. The van der Waals surface area contributed by atoms with Gasteiger partial charge in [-0.05, 0) is 86.3 Å². The summed E-state index contributed by atoms with van der Waals surface area (Å²) < 4.78 is 22.7. The highest BCUT2D eigenvalue weighted by atomic mass is 19.1. The Bertz CT molecular complexity index is 1980. The third-order valence-corrected chi connectivity index (χ3v) is 7.53. The van der Waals surface area contributed by atoms with Gasteiger partial charge >= 0.3 is 5.97 Å². The Morgan fingerprint density at radius 3 is 2.78 bits per heavy atom. The van der Waals surface area contributed by atoms with Crippen molar-refractivity contribution < 1.29 is 18.8 Å². The molecule has 1 fully saturated rings. The van der Waals surface area contributed by atoms with Gasteiger partial charge in [-0.15, -0.1) is 0 Å². The third kappa shape index (κ3) is 5.80. The smallest absolute Gasteiger partial charge is 0.358 e. The van der Waals surface area contributed by atoms with Crippen LogP contribution < -0.4 is 10.8 Å². The molecule has 1 aliphatic heterocycles. The molecule has 4 aromatic heterocycles. The molecule has 0 spiro atoms. The van der Waals surface area contributed by atoms with Crippen molar-refractivity contribution in [2.75, 3.05) is 17.4 Å². The van der Waals surface area contributed by atoms with Crippen LogP contribution in [-0.4, -0.2) is 46.9 Å². The Kier molecular flexibility index (Phi) is 7.57. The lowest BCUT2D eigenvalue weighted by molar-refractivity contribution is -0.0298. The second-order valence-corrected chi connectivity index (χ2v) is 10.5. The second kappa shape index (κ2) is 12.1. The second-order valence-electron chi connectivity index (χ2n) is 10.5. The zero-order chi connectivity index (χ0) is 30.8. The Morgan fingerprint density at radius 1 is 1.04 bits per heavy atom. The van der Waals surface area contributed by atoms with E-state index in [2.05, 4.69) is 35.8 Å². The summed E-state index contributed by atoms with van der Waals surface area (Å²) in [7, 11) is 0. The quantitative estimate of drug-likeness (QED) is 0.195. The molecular formula is C32H28FN9O3. The van der Waals surface area contributed by atoms with Crippen molar-refractivity contribution in [3.05, 3.63) is 103 Å². The number of hydrogen-bond acceptors (Lipinski definition) is 10. The van der Waals surface area contributed by atoms with Gasteiger partial charge < -0.3 is 14.9 Å². The van der Waals surface area contributed by atoms with E-state index < -0.39 is 5.97 Å². The van der Waals surface area contributed by atoms with Crippen LogP contribution in [0.3, 0.4) is 0 Å². The van der Waals surface area contributed by atoms with Crippen molar-refractivity contribution >= 4 is 34.3 Å². The summed E-state index contributed by atoms with van der Waals surface area (Å²) >= 11 is 0. The highest BCUT2D eigenvalue weighted by molar-refractivity contribution is 5.92. The zero-order valence-corrected chi connectivity index (χ0v) is 24.2. The van der Waals surface area contributed by atoms with Crippen LogP contribution in [-0.2, 0) is 9.57 Å². The number of ether oxygens (including phenoxy) is 1. The van der Waals surface area contributed by atoms with E-state index in [-0.39, 0.29) is 17.7 Å². The molecule has 1 atom stereocenters. The number of fused-ring (bicyclic) bond motifs is 1. The fourth-order valence-corrected chi connectivity index (χ4v) is 5.17. The molecule has 13 heteroatoms. The fourth-order valence-electron chi connectivity index (χ4n) is 5.17. The molecule has 12 nitrogen and oxygen atoms in total. The Balaban J connectivity index is 1.09. The van der Waals surface area contributed by atoms with Gasteiger partial charge in [0.1, 0.15) is 35.4 Å². The fraction of sp³-hybridized carbons (Fsp3) is 0.188. The molecular weight excluding hydrogens is 577 g/mol. The standard InChI is InChI=1S/C32H28FN9O3/c1-20-7-10-22(40-45-32(43)25-13-15-42(39-25)23-11-8-21(33)9-12-23)17-26(20)38-30-24(5-4-14-34-30)28-29-31(36-18-35-28)41(19-37-29)27-6-2-3-16-44-27/h4-5,7-15,17-19,27,40H,2-3,6,16H2,1H3,(H,34,38). The molecule has 0 amide bonds.